The van der Waals surface area contributed by atoms with Gasteiger partial charge in [-0.15, -0.1) is 0 Å². The van der Waals surface area contributed by atoms with Gasteiger partial charge in [-0.2, -0.15) is 5.10 Å². The van der Waals surface area contributed by atoms with Crippen LogP contribution in [0.1, 0.15) is 21.6 Å². The van der Waals surface area contributed by atoms with E-state index >= 15 is 0 Å². The van der Waals surface area contributed by atoms with Crippen molar-refractivity contribution in [1.82, 2.24) is 10.4 Å². The summed E-state index contributed by atoms with van der Waals surface area (Å²) in [5, 5.41) is 14.4. The smallest absolute Gasteiger partial charge is 0.271 e. The van der Waals surface area contributed by atoms with Crippen LogP contribution in [-0.4, -0.2) is 22.2 Å². The number of nitrogens with zero attached hydrogens (tertiary/aromatic N) is 1. The minimum absolute atomic E-state index is 0.0455. The fourth-order valence-electron chi connectivity index (χ4n) is 2.33. The maximum absolute atomic E-state index is 11.9. The Morgan fingerprint density at radius 3 is 2.86 bits per heavy atom. The van der Waals surface area contributed by atoms with Crippen LogP contribution in [0, 0.1) is 6.92 Å². The van der Waals surface area contributed by atoms with Gasteiger partial charge in [0.15, 0.2) is 0 Å². The van der Waals surface area contributed by atoms with Crippen molar-refractivity contribution in [3.8, 4) is 5.75 Å². The first-order chi connectivity index (χ1) is 10.6. The number of rotatable bonds is 3. The molecule has 1 heterocycles. The molecular formula is C17H15N3O2. The van der Waals surface area contributed by atoms with Gasteiger partial charge < -0.3 is 10.1 Å². The van der Waals surface area contributed by atoms with Crippen molar-refractivity contribution >= 4 is 23.0 Å². The average molecular weight is 293 g/mol. The van der Waals surface area contributed by atoms with Crippen molar-refractivity contribution in [2.24, 2.45) is 5.10 Å². The van der Waals surface area contributed by atoms with Gasteiger partial charge in [-0.1, -0.05) is 24.3 Å². The summed E-state index contributed by atoms with van der Waals surface area (Å²) in [6.45, 7) is 1.96. The van der Waals surface area contributed by atoms with Crippen LogP contribution in [0.15, 0.2) is 53.6 Å². The molecule has 0 saturated heterocycles. The average Bonchev–Trinajstić information content (AvgIpc) is 2.83. The van der Waals surface area contributed by atoms with Crippen LogP contribution in [0.4, 0.5) is 0 Å². The molecule has 0 fully saturated rings. The van der Waals surface area contributed by atoms with Crippen LogP contribution in [0.3, 0.4) is 0 Å². The van der Waals surface area contributed by atoms with Crippen LogP contribution in [0.2, 0.25) is 0 Å². The van der Waals surface area contributed by atoms with E-state index < -0.39 is 0 Å². The lowest BCUT2D eigenvalue weighted by molar-refractivity contribution is 0.0954. The number of amides is 1. The van der Waals surface area contributed by atoms with E-state index in [4.69, 9.17) is 0 Å². The van der Waals surface area contributed by atoms with Gasteiger partial charge in [-0.3, -0.25) is 4.79 Å². The summed E-state index contributed by atoms with van der Waals surface area (Å²) < 4.78 is 0. The largest absolute Gasteiger partial charge is 0.508 e. The first-order valence-corrected chi connectivity index (χ1v) is 6.85. The SMILES string of the molecule is Cc1[nH]c2ccccc2c1/C=N/NC(=O)c1cccc(O)c1. The number of benzene rings is 2. The second-order valence-corrected chi connectivity index (χ2v) is 4.96. The third-order valence-electron chi connectivity index (χ3n) is 3.41. The number of phenols is 1. The van der Waals surface area contributed by atoms with Gasteiger partial charge in [0, 0.05) is 27.7 Å². The number of aromatic hydroxyl groups is 1. The standard InChI is InChI=1S/C17H15N3O2/c1-11-15(14-7-2-3-8-16(14)19-11)10-18-20-17(22)12-5-4-6-13(21)9-12/h2-10,19,21H,1H3,(H,20,22)/b18-10+. The molecule has 3 N–H and O–H groups in total. The zero-order valence-corrected chi connectivity index (χ0v) is 12.0. The van der Waals surface area contributed by atoms with Gasteiger partial charge in [0.25, 0.3) is 5.91 Å². The molecule has 5 nitrogen and oxygen atoms in total. The van der Waals surface area contributed by atoms with E-state index in [0.717, 1.165) is 22.2 Å². The molecular weight excluding hydrogens is 278 g/mol. The number of fused-ring (bicyclic) bond motifs is 1. The Bertz CT molecular complexity index is 865. The monoisotopic (exact) mass is 293 g/mol. The maximum atomic E-state index is 11.9. The Balaban J connectivity index is 1.79. The minimum Gasteiger partial charge on any atom is -0.508 e. The fraction of sp³-hybridized carbons (Fsp3) is 0.0588. The van der Waals surface area contributed by atoms with Crippen LogP contribution in [-0.2, 0) is 0 Å². The van der Waals surface area contributed by atoms with Crippen LogP contribution >= 0.6 is 0 Å². The second-order valence-electron chi connectivity index (χ2n) is 4.96. The molecule has 0 aliphatic rings. The van der Waals surface area contributed by atoms with E-state index in [9.17, 15) is 9.90 Å². The molecule has 0 saturated carbocycles. The molecule has 0 radical (unpaired) electrons. The summed E-state index contributed by atoms with van der Waals surface area (Å²) in [7, 11) is 0. The normalized spacial score (nSPS) is 11.1. The maximum Gasteiger partial charge on any atom is 0.271 e. The Morgan fingerprint density at radius 1 is 1.23 bits per heavy atom. The highest BCUT2D eigenvalue weighted by Crippen LogP contribution is 2.19. The van der Waals surface area contributed by atoms with Crippen molar-refractivity contribution in [1.29, 1.82) is 0 Å². The van der Waals surface area contributed by atoms with Crippen LogP contribution in [0.25, 0.3) is 10.9 Å². The molecule has 3 aromatic rings. The predicted octanol–water partition coefficient (Wildman–Crippen LogP) is 2.95. The number of H-pyrrole nitrogens is 1. The lowest BCUT2D eigenvalue weighted by Crippen LogP contribution is -2.17. The lowest BCUT2D eigenvalue weighted by Gasteiger charge is -2.00. The summed E-state index contributed by atoms with van der Waals surface area (Å²) in [4.78, 5) is 15.2. The highest BCUT2D eigenvalue weighted by Gasteiger charge is 2.07. The van der Waals surface area contributed by atoms with Gasteiger partial charge in [-0.25, -0.2) is 5.43 Å². The Labute approximate surface area is 127 Å². The molecule has 1 amide bonds. The summed E-state index contributed by atoms with van der Waals surface area (Å²) in [5.74, 6) is -0.325. The Kier molecular flexibility index (Phi) is 3.62. The molecule has 0 bridgehead atoms. The van der Waals surface area contributed by atoms with E-state index in [1.165, 1.54) is 12.1 Å². The van der Waals surface area contributed by atoms with Crippen molar-refractivity contribution in [3.63, 3.8) is 0 Å². The van der Waals surface area contributed by atoms with Crippen molar-refractivity contribution in [2.75, 3.05) is 0 Å². The molecule has 3 rings (SSSR count). The molecule has 0 spiro atoms. The number of hydrazone groups is 1. The van der Waals surface area contributed by atoms with Gasteiger partial charge in [0.2, 0.25) is 0 Å². The number of carbonyl (C=O) groups is 1. The third-order valence-corrected chi connectivity index (χ3v) is 3.41. The molecule has 5 heteroatoms. The summed E-state index contributed by atoms with van der Waals surface area (Å²) >= 11 is 0. The highest BCUT2D eigenvalue weighted by molar-refractivity contribution is 6.01. The van der Waals surface area contributed by atoms with E-state index in [0.29, 0.717) is 5.56 Å². The highest BCUT2D eigenvalue weighted by atomic mass is 16.3. The molecule has 1 aromatic heterocycles. The first kappa shape index (κ1) is 13.9. The quantitative estimate of drug-likeness (QED) is 0.513. The number of carbonyl (C=O) groups excluding carboxylic acids is 1. The molecule has 22 heavy (non-hydrogen) atoms. The number of nitrogens with one attached hydrogen (secondary N) is 2. The number of para-hydroxylation sites is 1. The number of aryl methyl sites for hydroxylation is 1. The molecule has 2 aromatic carbocycles. The molecule has 0 aliphatic heterocycles. The Hall–Kier alpha value is -3.08. The minimum atomic E-state index is -0.371. The molecule has 0 atom stereocenters. The Morgan fingerprint density at radius 2 is 2.05 bits per heavy atom. The molecule has 0 unspecified atom stereocenters. The summed E-state index contributed by atoms with van der Waals surface area (Å²) in [6, 6.07) is 14.0. The summed E-state index contributed by atoms with van der Waals surface area (Å²) in [5.41, 5.74) is 5.76. The van der Waals surface area contributed by atoms with Crippen molar-refractivity contribution in [3.05, 3.63) is 65.4 Å². The molecule has 0 aliphatic carbocycles. The van der Waals surface area contributed by atoms with Gasteiger partial charge >= 0.3 is 0 Å². The fourth-order valence-corrected chi connectivity index (χ4v) is 2.33. The van der Waals surface area contributed by atoms with Gasteiger partial charge in [0.1, 0.15) is 5.75 Å². The van der Waals surface area contributed by atoms with E-state index in [1.54, 1.807) is 18.3 Å². The first-order valence-electron chi connectivity index (χ1n) is 6.85. The van der Waals surface area contributed by atoms with E-state index in [2.05, 4.69) is 15.5 Å². The van der Waals surface area contributed by atoms with Gasteiger partial charge in [0.05, 0.1) is 6.21 Å². The van der Waals surface area contributed by atoms with E-state index in [1.807, 2.05) is 31.2 Å². The lowest BCUT2D eigenvalue weighted by atomic mass is 10.1. The molecule has 110 valence electrons. The van der Waals surface area contributed by atoms with Gasteiger partial charge in [-0.05, 0) is 31.2 Å². The number of hydrogen-bond donors (Lipinski definition) is 3. The van der Waals surface area contributed by atoms with E-state index in [-0.39, 0.29) is 11.7 Å². The number of phenolic OH excluding ortho intramolecular Hbond substituents is 1. The van der Waals surface area contributed by atoms with Crippen LogP contribution < -0.4 is 5.43 Å². The van der Waals surface area contributed by atoms with Crippen molar-refractivity contribution < 1.29 is 9.90 Å². The summed E-state index contributed by atoms with van der Waals surface area (Å²) in [6.07, 6.45) is 1.62. The zero-order chi connectivity index (χ0) is 15.5. The number of aromatic amines is 1. The predicted molar refractivity (Wildman–Crippen MR) is 86.2 cm³/mol. The number of hydrogen-bond acceptors (Lipinski definition) is 3. The van der Waals surface area contributed by atoms with Crippen molar-refractivity contribution in [2.45, 2.75) is 6.92 Å². The third kappa shape index (κ3) is 2.69. The zero-order valence-electron chi connectivity index (χ0n) is 12.0. The second kappa shape index (κ2) is 5.73. The topological polar surface area (TPSA) is 77.5 Å². The van der Waals surface area contributed by atoms with Crippen LogP contribution in [0.5, 0.6) is 5.75 Å². The number of aromatic nitrogens is 1.